The maximum Gasteiger partial charge on any atom is 0.408 e. The minimum atomic E-state index is -1.09. The molecular weight excluding hydrogens is 614 g/mol. The van der Waals surface area contributed by atoms with E-state index in [-0.39, 0.29) is 19.3 Å². The Balaban J connectivity index is -0.000000505. The van der Waals surface area contributed by atoms with E-state index in [9.17, 15) is 23.2 Å². The van der Waals surface area contributed by atoms with E-state index in [1.807, 2.05) is 6.92 Å². The number of carbonyl (C=O) groups is 3. The maximum atomic E-state index is 12.2. The first-order valence-corrected chi connectivity index (χ1v) is 13.2. The van der Waals surface area contributed by atoms with Crippen molar-refractivity contribution in [1.82, 2.24) is 10.6 Å². The standard InChI is InChI=1S/C9H17NO5.C9H19NO3.C6H3BrF2.C3H6O/c1-9(2,3)15-8(13)10-6(5-11)7(12)14-4;1-5-7(6-11)10-8(12)13-9(2,3)4;7-4-1-5(8)3-6(9)2-4;1-2-3-4/h6,11H,5H2,1-4H3,(H,10,13);7,11H,5-6H2,1-4H3,(H,10,12);1-3H;2,4H,1,3H2/t6-;7-;;/m11../s1. The van der Waals surface area contributed by atoms with Crippen LogP contribution in [0.1, 0.15) is 54.9 Å². The Hall–Kier alpha value is -2.81. The number of carbonyl (C=O) groups excluding carboxylic acids is 3. The highest BCUT2D eigenvalue weighted by Gasteiger charge is 2.24. The highest BCUT2D eigenvalue weighted by Crippen LogP contribution is 2.13. The number of amides is 2. The van der Waals surface area contributed by atoms with Gasteiger partial charge in [-0.25, -0.2) is 23.2 Å². The van der Waals surface area contributed by atoms with Crippen LogP contribution in [0.4, 0.5) is 18.4 Å². The zero-order valence-corrected chi connectivity index (χ0v) is 26.5. The summed E-state index contributed by atoms with van der Waals surface area (Å²) in [7, 11) is 1.17. The molecule has 0 radical (unpaired) electrons. The van der Waals surface area contributed by atoms with Crippen LogP contribution in [-0.2, 0) is 19.0 Å². The molecule has 0 saturated heterocycles. The summed E-state index contributed by atoms with van der Waals surface area (Å²) in [5, 5.41) is 30.1. The lowest BCUT2D eigenvalue weighted by Crippen LogP contribution is -2.46. The average Bonchev–Trinajstić information content (AvgIpc) is 2.83. The largest absolute Gasteiger partial charge is 0.467 e. The summed E-state index contributed by atoms with van der Waals surface area (Å²) in [4.78, 5) is 33.3. The van der Waals surface area contributed by atoms with Gasteiger partial charge in [0.2, 0.25) is 0 Å². The monoisotopic (exact) mass is 658 g/mol. The first-order valence-electron chi connectivity index (χ1n) is 12.4. The van der Waals surface area contributed by atoms with Gasteiger partial charge in [0.1, 0.15) is 22.8 Å². The number of esters is 1. The van der Waals surface area contributed by atoms with Gasteiger partial charge in [-0.2, -0.15) is 0 Å². The minimum Gasteiger partial charge on any atom is -0.467 e. The zero-order valence-electron chi connectivity index (χ0n) is 24.9. The Morgan fingerprint density at radius 2 is 1.34 bits per heavy atom. The third-order valence-corrected chi connectivity index (χ3v) is 4.21. The van der Waals surface area contributed by atoms with Gasteiger partial charge in [-0.3, -0.25) is 0 Å². The van der Waals surface area contributed by atoms with Crippen molar-refractivity contribution in [3.63, 3.8) is 0 Å². The van der Waals surface area contributed by atoms with Crippen molar-refractivity contribution < 1.29 is 52.7 Å². The van der Waals surface area contributed by atoms with Crippen LogP contribution in [0, 0.1) is 11.6 Å². The van der Waals surface area contributed by atoms with E-state index >= 15 is 0 Å². The number of aliphatic hydroxyl groups excluding tert-OH is 3. The summed E-state index contributed by atoms with van der Waals surface area (Å²) >= 11 is 2.93. The van der Waals surface area contributed by atoms with Crippen LogP contribution in [0.3, 0.4) is 0 Å². The van der Waals surface area contributed by atoms with Crippen LogP contribution in [0.2, 0.25) is 0 Å². The number of aliphatic hydroxyl groups is 3. The number of ether oxygens (including phenoxy) is 3. The van der Waals surface area contributed by atoms with Gasteiger partial charge < -0.3 is 40.2 Å². The highest BCUT2D eigenvalue weighted by atomic mass is 79.9. The minimum absolute atomic E-state index is 0.0598. The Morgan fingerprint density at radius 3 is 1.61 bits per heavy atom. The molecule has 0 saturated carbocycles. The number of hydrogen-bond donors (Lipinski definition) is 5. The van der Waals surface area contributed by atoms with Crippen molar-refractivity contribution in [2.45, 2.75) is 78.2 Å². The number of hydrogen-bond acceptors (Lipinski definition) is 9. The van der Waals surface area contributed by atoms with Crippen LogP contribution >= 0.6 is 15.9 Å². The highest BCUT2D eigenvalue weighted by molar-refractivity contribution is 9.10. The predicted octanol–water partition coefficient (Wildman–Crippen LogP) is 4.22. The number of halogens is 3. The van der Waals surface area contributed by atoms with Gasteiger partial charge in [-0.05, 0) is 60.1 Å². The van der Waals surface area contributed by atoms with Crippen molar-refractivity contribution in [3.8, 4) is 0 Å². The molecule has 14 heteroatoms. The van der Waals surface area contributed by atoms with Crippen molar-refractivity contribution in [2.24, 2.45) is 0 Å². The summed E-state index contributed by atoms with van der Waals surface area (Å²) in [6.07, 6.45) is 0.871. The summed E-state index contributed by atoms with van der Waals surface area (Å²) in [5.74, 6) is -1.85. The summed E-state index contributed by atoms with van der Waals surface area (Å²) in [6.45, 7) is 15.1. The fraction of sp³-hybridized carbons (Fsp3) is 0.593. The molecule has 0 unspecified atom stereocenters. The number of benzene rings is 1. The van der Waals surface area contributed by atoms with Gasteiger partial charge in [0, 0.05) is 10.5 Å². The predicted molar refractivity (Wildman–Crippen MR) is 154 cm³/mol. The SMILES string of the molecule is C=CCO.CC[C@H](CO)NC(=O)OC(C)(C)C.COC(=O)[C@@H](CO)NC(=O)OC(C)(C)C.Fc1cc(F)cc(Br)c1. The molecule has 41 heavy (non-hydrogen) atoms. The smallest absolute Gasteiger partial charge is 0.408 e. The van der Waals surface area contributed by atoms with Crippen LogP contribution in [-0.4, -0.2) is 83.7 Å². The molecule has 0 heterocycles. The Bertz CT molecular complexity index is 853. The van der Waals surface area contributed by atoms with Crippen molar-refractivity contribution in [1.29, 1.82) is 0 Å². The molecule has 0 fully saturated rings. The molecule has 0 bridgehead atoms. The van der Waals surface area contributed by atoms with Crippen LogP contribution in [0.15, 0.2) is 35.3 Å². The van der Waals surface area contributed by atoms with E-state index in [0.717, 1.165) is 6.07 Å². The molecule has 0 aromatic heterocycles. The van der Waals surface area contributed by atoms with E-state index in [1.165, 1.54) is 25.3 Å². The zero-order chi connectivity index (χ0) is 32.8. The van der Waals surface area contributed by atoms with Crippen LogP contribution in [0.25, 0.3) is 0 Å². The van der Waals surface area contributed by atoms with Gasteiger partial charge in [0.25, 0.3) is 0 Å². The Morgan fingerprint density at radius 1 is 0.927 bits per heavy atom. The van der Waals surface area contributed by atoms with Gasteiger partial charge >= 0.3 is 18.2 Å². The molecule has 11 nitrogen and oxygen atoms in total. The first-order chi connectivity index (χ1) is 18.8. The molecule has 0 aliphatic carbocycles. The molecule has 0 aliphatic rings. The molecule has 5 N–H and O–H groups in total. The van der Waals surface area contributed by atoms with E-state index in [4.69, 9.17) is 24.8 Å². The van der Waals surface area contributed by atoms with E-state index in [2.05, 4.69) is 37.9 Å². The van der Waals surface area contributed by atoms with Gasteiger partial charge in [-0.1, -0.05) is 28.9 Å². The molecular formula is C27H45BrF2N2O9. The van der Waals surface area contributed by atoms with E-state index in [0.29, 0.717) is 10.9 Å². The van der Waals surface area contributed by atoms with Crippen molar-refractivity contribution in [2.75, 3.05) is 26.9 Å². The molecule has 0 spiro atoms. The second-order valence-corrected chi connectivity index (χ2v) is 10.8. The van der Waals surface area contributed by atoms with Crippen LogP contribution in [0.5, 0.6) is 0 Å². The van der Waals surface area contributed by atoms with Crippen molar-refractivity contribution >= 4 is 34.1 Å². The first kappa shape index (κ1) is 42.7. The molecule has 1 rings (SSSR count). The average molecular weight is 660 g/mol. The normalized spacial score (nSPS) is 11.8. The fourth-order valence-electron chi connectivity index (χ4n) is 2.04. The Kier molecular flexibility index (Phi) is 23.8. The Labute approximate surface area is 249 Å². The quantitative estimate of drug-likeness (QED) is 0.164. The lowest BCUT2D eigenvalue weighted by Gasteiger charge is -2.22. The molecule has 2 amide bonds. The fourth-order valence-corrected chi connectivity index (χ4v) is 2.48. The van der Waals surface area contributed by atoms with E-state index < -0.39 is 53.6 Å². The topological polar surface area (TPSA) is 164 Å². The van der Waals surface area contributed by atoms with Gasteiger partial charge in [0.05, 0.1) is 33.0 Å². The molecule has 1 aromatic carbocycles. The van der Waals surface area contributed by atoms with Crippen LogP contribution < -0.4 is 10.6 Å². The second-order valence-electron chi connectivity index (χ2n) is 9.90. The molecule has 0 aliphatic heterocycles. The summed E-state index contributed by atoms with van der Waals surface area (Å²) in [5.41, 5.74) is -1.14. The van der Waals surface area contributed by atoms with Crippen molar-refractivity contribution in [3.05, 3.63) is 47.0 Å². The molecule has 238 valence electrons. The molecule has 2 atom stereocenters. The molecule has 1 aromatic rings. The lowest BCUT2D eigenvalue weighted by molar-refractivity contribution is -0.144. The van der Waals surface area contributed by atoms with E-state index in [1.54, 1.807) is 41.5 Å². The second kappa shape index (κ2) is 22.8. The summed E-state index contributed by atoms with van der Waals surface area (Å²) < 4.78 is 39.0. The third kappa shape index (κ3) is 28.5. The number of rotatable bonds is 7. The summed E-state index contributed by atoms with van der Waals surface area (Å²) in [6, 6.07) is 1.91. The maximum absolute atomic E-state index is 12.2. The van der Waals surface area contributed by atoms with Gasteiger partial charge in [-0.15, -0.1) is 6.58 Å². The lowest BCUT2D eigenvalue weighted by atomic mass is 10.2. The van der Waals surface area contributed by atoms with Gasteiger partial charge in [0.15, 0.2) is 6.04 Å². The third-order valence-electron chi connectivity index (χ3n) is 3.75. The number of nitrogens with one attached hydrogen (secondary N) is 2. The number of alkyl carbamates (subject to hydrolysis) is 2. The number of methoxy groups -OCH3 is 1.